The maximum Gasteiger partial charge on any atom is 0.103 e. The molecule has 1 atom stereocenters. The molecular formula is C15H21BrN4. The Morgan fingerprint density at radius 1 is 1.20 bits per heavy atom. The topological polar surface area (TPSA) is 42.7 Å². The van der Waals surface area contributed by atoms with Crippen LogP contribution in [0.3, 0.4) is 0 Å². The molecule has 0 radical (unpaired) electrons. The van der Waals surface area contributed by atoms with Crippen LogP contribution >= 0.6 is 15.9 Å². The largest absolute Gasteiger partial charge is 0.309 e. The second-order valence-corrected chi connectivity index (χ2v) is 5.60. The first kappa shape index (κ1) is 15.2. The van der Waals surface area contributed by atoms with E-state index >= 15 is 0 Å². The van der Waals surface area contributed by atoms with Gasteiger partial charge in [-0.05, 0) is 43.7 Å². The molecular weight excluding hydrogens is 316 g/mol. The number of hydrogen-bond donors (Lipinski definition) is 1. The molecule has 1 heterocycles. The summed E-state index contributed by atoms with van der Waals surface area (Å²) in [5.41, 5.74) is 3.30. The predicted octanol–water partition coefficient (Wildman–Crippen LogP) is 3.65. The number of benzene rings is 1. The van der Waals surface area contributed by atoms with E-state index in [9.17, 15) is 0 Å². The molecule has 20 heavy (non-hydrogen) atoms. The lowest BCUT2D eigenvalue weighted by Gasteiger charge is -2.15. The van der Waals surface area contributed by atoms with Gasteiger partial charge >= 0.3 is 0 Å². The lowest BCUT2D eigenvalue weighted by atomic mass is 10.1. The zero-order valence-electron chi connectivity index (χ0n) is 12.2. The summed E-state index contributed by atoms with van der Waals surface area (Å²) < 4.78 is 3.01. The Kier molecular flexibility index (Phi) is 5.31. The van der Waals surface area contributed by atoms with Crippen molar-refractivity contribution in [3.05, 3.63) is 40.1 Å². The first-order chi connectivity index (χ1) is 9.71. The van der Waals surface area contributed by atoms with E-state index in [0.717, 1.165) is 35.2 Å². The maximum atomic E-state index is 4.41. The van der Waals surface area contributed by atoms with Gasteiger partial charge in [-0.2, -0.15) is 0 Å². The Morgan fingerprint density at radius 3 is 2.45 bits per heavy atom. The molecule has 108 valence electrons. The van der Waals surface area contributed by atoms with Crippen molar-refractivity contribution in [2.75, 3.05) is 6.54 Å². The van der Waals surface area contributed by atoms with E-state index in [2.05, 4.69) is 64.5 Å². The van der Waals surface area contributed by atoms with Crippen molar-refractivity contribution in [3.63, 3.8) is 0 Å². The summed E-state index contributed by atoms with van der Waals surface area (Å²) in [7, 11) is 0. The number of aromatic nitrogens is 3. The zero-order chi connectivity index (χ0) is 14.5. The van der Waals surface area contributed by atoms with E-state index in [4.69, 9.17) is 0 Å². The van der Waals surface area contributed by atoms with Crippen LogP contribution in [-0.2, 0) is 6.42 Å². The van der Waals surface area contributed by atoms with Gasteiger partial charge in [-0.15, -0.1) is 5.10 Å². The van der Waals surface area contributed by atoms with Crippen molar-refractivity contribution < 1.29 is 0 Å². The first-order valence-electron chi connectivity index (χ1n) is 7.15. The molecule has 2 rings (SSSR count). The Balaban J connectivity index is 2.40. The summed E-state index contributed by atoms with van der Waals surface area (Å²) in [6.45, 7) is 7.38. The van der Waals surface area contributed by atoms with Crippen LogP contribution < -0.4 is 5.32 Å². The molecule has 4 nitrogen and oxygen atoms in total. The third-order valence-electron chi connectivity index (χ3n) is 3.39. The van der Waals surface area contributed by atoms with Crippen LogP contribution in [0.15, 0.2) is 28.7 Å². The number of nitrogens with zero attached hydrogens (tertiary/aromatic N) is 3. The fourth-order valence-electron chi connectivity index (χ4n) is 2.39. The highest BCUT2D eigenvalue weighted by Crippen LogP contribution is 2.22. The van der Waals surface area contributed by atoms with Crippen molar-refractivity contribution >= 4 is 15.9 Å². The van der Waals surface area contributed by atoms with Crippen molar-refractivity contribution in [3.8, 4) is 5.69 Å². The fourth-order valence-corrected chi connectivity index (χ4v) is 2.65. The van der Waals surface area contributed by atoms with Crippen LogP contribution in [-0.4, -0.2) is 21.5 Å². The molecule has 0 spiro atoms. The number of halogens is 1. The van der Waals surface area contributed by atoms with Crippen LogP contribution in [0.1, 0.15) is 44.6 Å². The third kappa shape index (κ3) is 3.10. The highest BCUT2D eigenvalue weighted by atomic mass is 79.9. The Labute approximate surface area is 128 Å². The molecule has 0 aliphatic heterocycles. The standard InChI is InChI=1S/C15H21BrN4/c1-4-13(17-6-3)15-14(5-2)20(19-18-15)12-9-7-11(16)8-10-12/h7-10,13,17H,4-6H2,1-3H3. The van der Waals surface area contributed by atoms with Crippen molar-refractivity contribution in [2.24, 2.45) is 0 Å². The van der Waals surface area contributed by atoms with Gasteiger partial charge in [-0.25, -0.2) is 4.68 Å². The molecule has 0 saturated carbocycles. The number of hydrogen-bond acceptors (Lipinski definition) is 3. The molecule has 1 unspecified atom stereocenters. The summed E-state index contributed by atoms with van der Waals surface area (Å²) >= 11 is 3.46. The average molecular weight is 337 g/mol. The molecule has 1 aromatic carbocycles. The molecule has 0 aliphatic carbocycles. The quantitative estimate of drug-likeness (QED) is 0.875. The van der Waals surface area contributed by atoms with Gasteiger partial charge in [-0.3, -0.25) is 0 Å². The Bertz CT molecular complexity index is 548. The van der Waals surface area contributed by atoms with Crippen molar-refractivity contribution in [1.29, 1.82) is 0 Å². The van der Waals surface area contributed by atoms with Gasteiger partial charge in [-0.1, -0.05) is 41.9 Å². The van der Waals surface area contributed by atoms with Crippen molar-refractivity contribution in [1.82, 2.24) is 20.3 Å². The van der Waals surface area contributed by atoms with Crippen LogP contribution in [0.5, 0.6) is 0 Å². The highest BCUT2D eigenvalue weighted by Gasteiger charge is 2.19. The van der Waals surface area contributed by atoms with Gasteiger partial charge < -0.3 is 5.32 Å². The van der Waals surface area contributed by atoms with E-state index in [-0.39, 0.29) is 6.04 Å². The Hall–Kier alpha value is -1.20. The molecule has 1 aromatic heterocycles. The van der Waals surface area contributed by atoms with Crippen LogP contribution in [0.2, 0.25) is 0 Å². The summed E-state index contributed by atoms with van der Waals surface area (Å²) in [5, 5.41) is 12.2. The third-order valence-corrected chi connectivity index (χ3v) is 3.92. The second-order valence-electron chi connectivity index (χ2n) is 4.68. The van der Waals surface area contributed by atoms with E-state index in [1.54, 1.807) is 0 Å². The normalized spacial score (nSPS) is 12.6. The smallest absolute Gasteiger partial charge is 0.103 e. The van der Waals surface area contributed by atoms with Gasteiger partial charge in [0.1, 0.15) is 5.69 Å². The number of nitrogens with one attached hydrogen (secondary N) is 1. The van der Waals surface area contributed by atoms with Gasteiger partial charge in [0.15, 0.2) is 0 Å². The summed E-state index contributed by atoms with van der Waals surface area (Å²) in [5.74, 6) is 0. The van der Waals surface area contributed by atoms with Crippen molar-refractivity contribution in [2.45, 2.75) is 39.7 Å². The molecule has 0 bridgehead atoms. The van der Waals surface area contributed by atoms with Crippen LogP contribution in [0.25, 0.3) is 5.69 Å². The summed E-state index contributed by atoms with van der Waals surface area (Å²) in [6, 6.07) is 8.43. The van der Waals surface area contributed by atoms with E-state index in [1.807, 2.05) is 16.8 Å². The highest BCUT2D eigenvalue weighted by molar-refractivity contribution is 9.10. The monoisotopic (exact) mass is 336 g/mol. The SMILES string of the molecule is CCNC(CC)c1nnn(-c2ccc(Br)cc2)c1CC. The van der Waals surface area contributed by atoms with Gasteiger partial charge in [0.2, 0.25) is 0 Å². The van der Waals surface area contributed by atoms with E-state index < -0.39 is 0 Å². The average Bonchev–Trinajstić information content (AvgIpc) is 2.89. The minimum absolute atomic E-state index is 0.277. The molecule has 1 N–H and O–H groups in total. The molecule has 0 aliphatic rings. The predicted molar refractivity (Wildman–Crippen MR) is 85.1 cm³/mol. The minimum atomic E-state index is 0.277. The summed E-state index contributed by atoms with van der Waals surface area (Å²) in [4.78, 5) is 0. The number of rotatable bonds is 6. The second kappa shape index (κ2) is 6.99. The minimum Gasteiger partial charge on any atom is -0.309 e. The summed E-state index contributed by atoms with van der Waals surface area (Å²) in [6.07, 6.45) is 1.93. The molecule has 2 aromatic rings. The molecule has 0 amide bonds. The molecule has 0 saturated heterocycles. The van der Waals surface area contributed by atoms with Crippen LogP contribution in [0.4, 0.5) is 0 Å². The lowest BCUT2D eigenvalue weighted by Crippen LogP contribution is -2.21. The maximum absolute atomic E-state index is 4.41. The lowest BCUT2D eigenvalue weighted by molar-refractivity contribution is 0.520. The molecule has 5 heteroatoms. The Morgan fingerprint density at radius 2 is 1.90 bits per heavy atom. The first-order valence-corrected chi connectivity index (χ1v) is 7.94. The van der Waals surface area contributed by atoms with Gasteiger partial charge in [0, 0.05) is 4.47 Å². The van der Waals surface area contributed by atoms with E-state index in [1.165, 1.54) is 5.69 Å². The van der Waals surface area contributed by atoms with Gasteiger partial charge in [0.25, 0.3) is 0 Å². The fraction of sp³-hybridized carbons (Fsp3) is 0.467. The van der Waals surface area contributed by atoms with Crippen LogP contribution in [0, 0.1) is 0 Å². The van der Waals surface area contributed by atoms with E-state index in [0.29, 0.717) is 0 Å². The van der Waals surface area contributed by atoms with Gasteiger partial charge in [0.05, 0.1) is 17.4 Å². The molecule has 0 fully saturated rings. The zero-order valence-corrected chi connectivity index (χ0v) is 13.8.